The minimum absolute atomic E-state index is 0. The summed E-state index contributed by atoms with van der Waals surface area (Å²) in [5, 5.41) is 2.60. The monoisotopic (exact) mass is 576 g/mol. The van der Waals surface area contributed by atoms with Gasteiger partial charge in [-0.1, -0.05) is 0 Å². The normalized spacial score (nSPS) is 27.4. The molecule has 3 aliphatic rings. The maximum Gasteiger partial charge on any atom is 0.392 e. The third-order valence-corrected chi connectivity index (χ3v) is 9.33. The number of hydrogen-bond acceptors (Lipinski definition) is 6. The quantitative estimate of drug-likeness (QED) is 0.451. The zero-order valence-electron chi connectivity index (χ0n) is 20.9. The van der Waals surface area contributed by atoms with E-state index in [2.05, 4.69) is 15.3 Å². The lowest BCUT2D eigenvalue weighted by molar-refractivity contribution is -0.151. The first-order valence-corrected chi connectivity index (χ1v) is 14.1. The van der Waals surface area contributed by atoms with Gasteiger partial charge in [0.25, 0.3) is 0 Å². The van der Waals surface area contributed by atoms with Crippen molar-refractivity contribution in [1.29, 1.82) is 0 Å². The van der Waals surface area contributed by atoms with Crippen LogP contribution in [-0.2, 0) is 21.4 Å². The average molecular weight is 577 g/mol. The van der Waals surface area contributed by atoms with Gasteiger partial charge in [0.15, 0.2) is 0 Å². The molecule has 2 aliphatic carbocycles. The highest BCUT2D eigenvalue weighted by Gasteiger charge is 2.56. The number of nitrogens with one attached hydrogen (secondary N) is 1. The predicted molar refractivity (Wildman–Crippen MR) is 129 cm³/mol. The molecule has 0 radical (unpaired) electrons. The first kappa shape index (κ1) is 27.7. The number of sulfonamides is 1. The van der Waals surface area contributed by atoms with E-state index in [1.165, 1.54) is 13.0 Å². The molecular weight excluding hydrogens is 547 g/mol. The van der Waals surface area contributed by atoms with Gasteiger partial charge in [-0.15, -0.1) is 0 Å². The van der Waals surface area contributed by atoms with Crippen molar-refractivity contribution in [2.45, 2.75) is 74.4 Å². The van der Waals surface area contributed by atoms with Gasteiger partial charge in [0, 0.05) is 25.7 Å². The molecule has 1 saturated heterocycles. The number of carbonyl (C=O) groups is 1. The van der Waals surface area contributed by atoms with E-state index in [0.29, 0.717) is 11.5 Å². The van der Waals surface area contributed by atoms with Gasteiger partial charge in [-0.2, -0.15) is 22.5 Å². The molecule has 14 heteroatoms. The second kappa shape index (κ2) is 10.3. The number of alkyl halides is 4. The van der Waals surface area contributed by atoms with Crippen LogP contribution in [0.2, 0.25) is 0 Å². The Morgan fingerprint density at radius 1 is 1.18 bits per heavy atom. The average Bonchev–Trinajstić information content (AvgIpc) is 3.79. The molecular formula is C25H29F5N4O4S. The fourth-order valence-corrected chi connectivity index (χ4v) is 6.61. The number of amides is 1. The maximum atomic E-state index is 14.7. The lowest BCUT2D eigenvalue weighted by Gasteiger charge is -2.26. The summed E-state index contributed by atoms with van der Waals surface area (Å²) in [6, 6.07) is 2.98. The smallest absolute Gasteiger partial charge is 0.392 e. The number of rotatable bonds is 9. The molecule has 2 heterocycles. The summed E-state index contributed by atoms with van der Waals surface area (Å²) in [5.41, 5.74) is 0.328. The van der Waals surface area contributed by atoms with Crippen LogP contribution in [0.5, 0.6) is 5.88 Å². The Balaban J connectivity index is 0.00000370. The van der Waals surface area contributed by atoms with Crippen molar-refractivity contribution < 1.29 is 41.3 Å². The molecule has 3 fully saturated rings. The molecule has 0 bridgehead atoms. The first-order chi connectivity index (χ1) is 18.3. The van der Waals surface area contributed by atoms with Crippen molar-refractivity contribution in [3.8, 4) is 5.88 Å². The van der Waals surface area contributed by atoms with Crippen molar-refractivity contribution in [3.05, 3.63) is 47.7 Å². The standard InChI is InChI=1S/C25H27F5N4O4S.H2/c1-13-20(27)10-21(34(13)39(36,37)18-6-4-16(26)5-7-18)24(35)31-11-17-9-22(33-23(32-17)14-2-3-14)38-12-15-8-19(15)25(28,29)30;/h4-7,9,13-15,19-21H,2-3,8,10-12H2,1H3,(H,31,35);1H/t13-,15-,19+,20+,21-;/m0./s1. The summed E-state index contributed by atoms with van der Waals surface area (Å²) in [6.45, 7) is 1.06. The Morgan fingerprint density at radius 3 is 2.49 bits per heavy atom. The number of halogens is 5. The van der Waals surface area contributed by atoms with Gasteiger partial charge in [0.05, 0.1) is 35.7 Å². The van der Waals surface area contributed by atoms with Crippen LogP contribution in [0.15, 0.2) is 35.2 Å². The van der Waals surface area contributed by atoms with E-state index >= 15 is 0 Å². The molecule has 1 aromatic heterocycles. The molecule has 2 saturated carbocycles. The summed E-state index contributed by atoms with van der Waals surface area (Å²) in [7, 11) is -4.32. The highest BCUT2D eigenvalue weighted by molar-refractivity contribution is 7.89. The van der Waals surface area contributed by atoms with Gasteiger partial charge in [0.2, 0.25) is 21.8 Å². The summed E-state index contributed by atoms with van der Waals surface area (Å²) in [5.74, 6) is -2.76. The lowest BCUT2D eigenvalue weighted by atomic mass is 10.1. The SMILES string of the molecule is C[C@H]1[C@H](F)C[C@@H](C(=O)NCc2cc(OC[C@@H]3C[C@H]3C(F)(F)F)nc(C3CC3)n2)N1S(=O)(=O)c1ccc(F)cc1.[HH]. The Bertz CT molecular complexity index is 1340. The van der Waals surface area contributed by atoms with E-state index in [-0.39, 0.29) is 44.1 Å². The minimum atomic E-state index is -4.32. The summed E-state index contributed by atoms with van der Waals surface area (Å²) in [6.07, 6.45) is -4.52. The second-order valence-corrected chi connectivity index (χ2v) is 12.1. The zero-order valence-corrected chi connectivity index (χ0v) is 21.7. The number of aromatic nitrogens is 2. The summed E-state index contributed by atoms with van der Waals surface area (Å²) < 4.78 is 99.3. The molecule has 214 valence electrons. The Labute approximate surface area is 223 Å². The van der Waals surface area contributed by atoms with Crippen LogP contribution >= 0.6 is 0 Å². The first-order valence-electron chi connectivity index (χ1n) is 12.6. The van der Waals surface area contributed by atoms with E-state index in [4.69, 9.17) is 4.74 Å². The van der Waals surface area contributed by atoms with Gasteiger partial charge in [0.1, 0.15) is 23.9 Å². The predicted octanol–water partition coefficient (Wildman–Crippen LogP) is 4.12. The van der Waals surface area contributed by atoms with Crippen LogP contribution in [0.4, 0.5) is 22.0 Å². The third-order valence-electron chi connectivity index (χ3n) is 7.32. The molecule has 1 aliphatic heterocycles. The van der Waals surface area contributed by atoms with Crippen molar-refractivity contribution in [2.24, 2.45) is 11.8 Å². The van der Waals surface area contributed by atoms with Gasteiger partial charge in [-0.25, -0.2) is 22.2 Å². The van der Waals surface area contributed by atoms with Gasteiger partial charge >= 0.3 is 6.18 Å². The van der Waals surface area contributed by atoms with Crippen LogP contribution in [-0.4, -0.2) is 59.6 Å². The van der Waals surface area contributed by atoms with Crippen LogP contribution in [0.3, 0.4) is 0 Å². The molecule has 1 amide bonds. The minimum Gasteiger partial charge on any atom is -0.477 e. The molecule has 1 aromatic carbocycles. The Morgan fingerprint density at radius 2 is 1.87 bits per heavy atom. The lowest BCUT2D eigenvalue weighted by Crippen LogP contribution is -2.48. The van der Waals surface area contributed by atoms with Crippen LogP contribution < -0.4 is 10.1 Å². The maximum absolute atomic E-state index is 14.7. The molecule has 0 spiro atoms. The van der Waals surface area contributed by atoms with Crippen molar-refractivity contribution in [3.63, 3.8) is 0 Å². The van der Waals surface area contributed by atoms with Gasteiger partial charge in [-0.05, 0) is 50.5 Å². The highest BCUT2D eigenvalue weighted by atomic mass is 32.2. The molecule has 5 atom stereocenters. The van der Waals surface area contributed by atoms with E-state index in [0.717, 1.165) is 41.4 Å². The van der Waals surface area contributed by atoms with Crippen molar-refractivity contribution in [2.75, 3.05) is 6.61 Å². The van der Waals surface area contributed by atoms with E-state index in [9.17, 15) is 35.2 Å². The van der Waals surface area contributed by atoms with Crippen LogP contribution in [0.1, 0.15) is 51.5 Å². The van der Waals surface area contributed by atoms with Gasteiger partial charge in [-0.3, -0.25) is 4.79 Å². The molecule has 0 unspecified atom stereocenters. The number of carbonyl (C=O) groups excluding carboxylic acids is 1. The fourth-order valence-electron chi connectivity index (χ4n) is 4.80. The second-order valence-electron chi connectivity index (χ2n) is 10.3. The van der Waals surface area contributed by atoms with Crippen molar-refractivity contribution >= 4 is 15.9 Å². The number of benzene rings is 1. The summed E-state index contributed by atoms with van der Waals surface area (Å²) in [4.78, 5) is 21.5. The third kappa shape index (κ3) is 6.01. The van der Waals surface area contributed by atoms with Crippen LogP contribution in [0.25, 0.3) is 0 Å². The molecule has 39 heavy (non-hydrogen) atoms. The Kier molecular flexibility index (Phi) is 7.29. The van der Waals surface area contributed by atoms with E-state index in [1.54, 1.807) is 0 Å². The van der Waals surface area contributed by atoms with E-state index in [1.807, 2.05) is 0 Å². The fraction of sp³-hybridized carbons (Fsp3) is 0.560. The molecule has 5 rings (SSSR count). The summed E-state index contributed by atoms with van der Waals surface area (Å²) >= 11 is 0. The van der Waals surface area contributed by atoms with Crippen molar-refractivity contribution in [1.82, 2.24) is 19.6 Å². The molecule has 8 nitrogen and oxygen atoms in total. The number of hydrogen-bond donors (Lipinski definition) is 1. The Hall–Kier alpha value is -2.87. The van der Waals surface area contributed by atoms with Crippen LogP contribution in [0, 0.1) is 17.7 Å². The molecule has 2 aromatic rings. The number of nitrogens with zero attached hydrogens (tertiary/aromatic N) is 3. The van der Waals surface area contributed by atoms with Gasteiger partial charge < -0.3 is 10.1 Å². The largest absolute Gasteiger partial charge is 0.477 e. The topological polar surface area (TPSA) is 101 Å². The number of ether oxygens (including phenoxy) is 1. The highest BCUT2D eigenvalue weighted by Crippen LogP contribution is 2.50. The van der Waals surface area contributed by atoms with E-state index < -0.39 is 58.0 Å². The zero-order chi connectivity index (χ0) is 28.1. The molecule has 1 N–H and O–H groups in total.